The molecule has 0 aliphatic heterocycles. The Kier molecular flexibility index (Phi) is 4.72. The third-order valence-electron chi connectivity index (χ3n) is 2.72. The number of rotatable bonds is 7. The molecule has 0 spiro atoms. The molecule has 102 valence electrons. The maximum Gasteiger partial charge on any atom is 0.224 e. The van der Waals surface area contributed by atoms with E-state index >= 15 is 0 Å². The quantitative estimate of drug-likeness (QED) is 0.744. The average molecular weight is 260 g/mol. The zero-order valence-corrected chi connectivity index (χ0v) is 11.4. The van der Waals surface area contributed by atoms with Crippen LogP contribution in [0.25, 0.3) is 0 Å². The van der Waals surface area contributed by atoms with Gasteiger partial charge < -0.3 is 10.6 Å². The second-order valence-corrected chi connectivity index (χ2v) is 4.31. The van der Waals surface area contributed by atoms with Gasteiger partial charge >= 0.3 is 0 Å². The molecular weight excluding hydrogens is 240 g/mol. The molecule has 2 N–H and O–H groups in total. The molecule has 6 heteroatoms. The lowest BCUT2D eigenvalue weighted by Gasteiger charge is -2.10. The highest BCUT2D eigenvalue weighted by Gasteiger charge is 2.02. The van der Waals surface area contributed by atoms with Crippen LogP contribution < -0.4 is 10.6 Å². The number of aromatic nitrogens is 4. The number of aryl methyl sites for hydroxylation is 2. The van der Waals surface area contributed by atoms with E-state index in [0.717, 1.165) is 37.4 Å². The van der Waals surface area contributed by atoms with Gasteiger partial charge in [-0.3, -0.25) is 4.68 Å². The minimum absolute atomic E-state index is 0.669. The Morgan fingerprint density at radius 1 is 1.32 bits per heavy atom. The minimum Gasteiger partial charge on any atom is -0.370 e. The lowest BCUT2D eigenvalue weighted by molar-refractivity contribution is 0.591. The highest BCUT2D eigenvalue weighted by atomic mass is 15.3. The molecular formula is C13H20N6. The van der Waals surface area contributed by atoms with Gasteiger partial charge in [0.2, 0.25) is 5.95 Å². The number of hydrogen-bond acceptors (Lipinski definition) is 5. The van der Waals surface area contributed by atoms with Gasteiger partial charge in [0.25, 0.3) is 0 Å². The summed E-state index contributed by atoms with van der Waals surface area (Å²) >= 11 is 0. The molecule has 2 aromatic rings. The first kappa shape index (κ1) is 13.3. The molecule has 0 unspecified atom stereocenters. The predicted octanol–water partition coefficient (Wildman–Crippen LogP) is 1.92. The number of nitrogens with one attached hydrogen (secondary N) is 2. The first-order chi connectivity index (χ1) is 9.29. The van der Waals surface area contributed by atoms with Gasteiger partial charge in [-0.25, -0.2) is 4.98 Å². The molecule has 6 nitrogen and oxygen atoms in total. The zero-order chi connectivity index (χ0) is 13.5. The van der Waals surface area contributed by atoms with Crippen LogP contribution in [-0.2, 0) is 6.54 Å². The molecule has 0 atom stereocenters. The minimum atomic E-state index is 0.669. The summed E-state index contributed by atoms with van der Waals surface area (Å²) in [5, 5.41) is 10.6. The van der Waals surface area contributed by atoms with Gasteiger partial charge in [-0.15, -0.1) is 0 Å². The van der Waals surface area contributed by atoms with Crippen molar-refractivity contribution >= 4 is 11.8 Å². The maximum absolute atomic E-state index is 4.44. The number of nitrogens with zero attached hydrogens (tertiary/aromatic N) is 4. The van der Waals surface area contributed by atoms with E-state index < -0.39 is 0 Å². The van der Waals surface area contributed by atoms with E-state index in [1.807, 2.05) is 37.0 Å². The smallest absolute Gasteiger partial charge is 0.224 e. The third-order valence-corrected chi connectivity index (χ3v) is 2.72. The Morgan fingerprint density at radius 3 is 2.95 bits per heavy atom. The summed E-state index contributed by atoms with van der Waals surface area (Å²) in [6.07, 6.45) is 6.60. The van der Waals surface area contributed by atoms with E-state index in [1.54, 1.807) is 6.20 Å². The molecule has 2 rings (SSSR count). The van der Waals surface area contributed by atoms with Crippen molar-refractivity contribution in [3.05, 3.63) is 30.2 Å². The Morgan fingerprint density at radius 2 is 2.21 bits per heavy atom. The largest absolute Gasteiger partial charge is 0.370 e. The van der Waals surface area contributed by atoms with Crippen LogP contribution in [0.4, 0.5) is 11.8 Å². The molecule has 0 fully saturated rings. The van der Waals surface area contributed by atoms with Crippen molar-refractivity contribution in [2.45, 2.75) is 26.8 Å². The predicted molar refractivity (Wildman–Crippen MR) is 76.3 cm³/mol. The van der Waals surface area contributed by atoms with Crippen LogP contribution in [0.1, 0.15) is 18.9 Å². The molecule has 0 aromatic carbocycles. The van der Waals surface area contributed by atoms with E-state index in [1.165, 1.54) is 0 Å². The number of hydrogen-bond donors (Lipinski definition) is 2. The Balaban J connectivity index is 1.83. The van der Waals surface area contributed by atoms with Crippen molar-refractivity contribution in [3.63, 3.8) is 0 Å². The fraction of sp³-hybridized carbons (Fsp3) is 0.462. The summed E-state index contributed by atoms with van der Waals surface area (Å²) < 4.78 is 1.93. The van der Waals surface area contributed by atoms with E-state index in [-0.39, 0.29) is 0 Å². The molecule has 0 radical (unpaired) electrons. The maximum atomic E-state index is 4.44. The lowest BCUT2D eigenvalue weighted by atomic mass is 10.3. The fourth-order valence-electron chi connectivity index (χ4n) is 1.74. The number of anilines is 2. The van der Waals surface area contributed by atoms with Crippen molar-refractivity contribution in [3.8, 4) is 0 Å². The molecule has 0 aliphatic rings. The SMILES string of the molecule is CCNc1ncc(C)c(NCCCn2cccn2)n1. The molecule has 0 bridgehead atoms. The van der Waals surface area contributed by atoms with Crippen LogP contribution in [0.15, 0.2) is 24.7 Å². The molecule has 19 heavy (non-hydrogen) atoms. The van der Waals surface area contributed by atoms with Crippen molar-refractivity contribution in [2.24, 2.45) is 0 Å². The topological polar surface area (TPSA) is 67.7 Å². The summed E-state index contributed by atoms with van der Waals surface area (Å²) in [4.78, 5) is 8.66. The standard InChI is InChI=1S/C13H20N6/c1-3-14-13-16-10-11(2)12(18-13)15-6-4-8-19-9-5-7-17-19/h5,7,9-10H,3-4,6,8H2,1-2H3,(H2,14,15,16,18). The van der Waals surface area contributed by atoms with Gasteiger partial charge in [0.1, 0.15) is 5.82 Å². The highest BCUT2D eigenvalue weighted by Crippen LogP contribution is 2.12. The monoisotopic (exact) mass is 260 g/mol. The van der Waals surface area contributed by atoms with Crippen LogP contribution in [-0.4, -0.2) is 32.8 Å². The molecule has 2 heterocycles. The van der Waals surface area contributed by atoms with Crippen LogP contribution >= 0.6 is 0 Å². The summed E-state index contributed by atoms with van der Waals surface area (Å²) in [6.45, 7) is 6.63. The van der Waals surface area contributed by atoms with Crippen LogP contribution in [0.3, 0.4) is 0 Å². The Hall–Kier alpha value is -2.11. The molecule has 0 aliphatic carbocycles. The summed E-state index contributed by atoms with van der Waals surface area (Å²) in [5.74, 6) is 1.56. The van der Waals surface area contributed by atoms with E-state index in [2.05, 4.69) is 25.7 Å². The molecule has 0 saturated heterocycles. The fourth-order valence-corrected chi connectivity index (χ4v) is 1.74. The van der Waals surface area contributed by atoms with Crippen LogP contribution in [0.2, 0.25) is 0 Å². The first-order valence-electron chi connectivity index (χ1n) is 6.58. The van der Waals surface area contributed by atoms with Crippen molar-refractivity contribution in [2.75, 3.05) is 23.7 Å². The van der Waals surface area contributed by atoms with Crippen molar-refractivity contribution < 1.29 is 0 Å². The third kappa shape index (κ3) is 3.94. The average Bonchev–Trinajstić information content (AvgIpc) is 2.91. The summed E-state index contributed by atoms with van der Waals surface area (Å²) in [5.41, 5.74) is 1.06. The van der Waals surface area contributed by atoms with Crippen molar-refractivity contribution in [1.82, 2.24) is 19.7 Å². The van der Waals surface area contributed by atoms with Gasteiger partial charge in [-0.1, -0.05) is 0 Å². The van der Waals surface area contributed by atoms with Crippen molar-refractivity contribution in [1.29, 1.82) is 0 Å². The van der Waals surface area contributed by atoms with Gasteiger partial charge in [-0.2, -0.15) is 10.1 Å². The normalized spacial score (nSPS) is 10.4. The molecule has 0 amide bonds. The first-order valence-corrected chi connectivity index (χ1v) is 6.58. The van der Waals surface area contributed by atoms with E-state index in [4.69, 9.17) is 0 Å². The second kappa shape index (κ2) is 6.72. The summed E-state index contributed by atoms with van der Waals surface area (Å²) in [7, 11) is 0. The summed E-state index contributed by atoms with van der Waals surface area (Å²) in [6, 6.07) is 1.94. The molecule has 0 saturated carbocycles. The lowest BCUT2D eigenvalue weighted by Crippen LogP contribution is -2.11. The van der Waals surface area contributed by atoms with Crippen LogP contribution in [0, 0.1) is 6.92 Å². The van der Waals surface area contributed by atoms with Gasteiger partial charge in [0.15, 0.2) is 0 Å². The molecule has 2 aromatic heterocycles. The van der Waals surface area contributed by atoms with Gasteiger partial charge in [-0.05, 0) is 26.3 Å². The van der Waals surface area contributed by atoms with Gasteiger partial charge in [0.05, 0.1) is 0 Å². The highest BCUT2D eigenvalue weighted by molar-refractivity contribution is 5.46. The Bertz CT molecular complexity index is 494. The van der Waals surface area contributed by atoms with Gasteiger partial charge in [0, 0.05) is 43.8 Å². The Labute approximate surface area is 113 Å². The second-order valence-electron chi connectivity index (χ2n) is 4.31. The zero-order valence-electron chi connectivity index (χ0n) is 11.4. The van der Waals surface area contributed by atoms with Crippen LogP contribution in [0.5, 0.6) is 0 Å². The van der Waals surface area contributed by atoms with E-state index in [9.17, 15) is 0 Å². The van der Waals surface area contributed by atoms with E-state index in [0.29, 0.717) is 5.95 Å².